The van der Waals surface area contributed by atoms with Gasteiger partial charge in [-0.05, 0) is 55.2 Å². The summed E-state index contributed by atoms with van der Waals surface area (Å²) in [6.07, 6.45) is 6.20. The van der Waals surface area contributed by atoms with Gasteiger partial charge < -0.3 is 10.6 Å². The molecule has 3 heteroatoms. The molecule has 1 aromatic carbocycles. The molecule has 2 nitrogen and oxygen atoms in total. The van der Waals surface area contributed by atoms with Crippen LogP contribution in [0, 0.1) is 17.7 Å². The molecule has 1 aliphatic carbocycles. The Balaban J connectivity index is 1.57. The van der Waals surface area contributed by atoms with Gasteiger partial charge in [-0.2, -0.15) is 0 Å². The van der Waals surface area contributed by atoms with Crippen LogP contribution in [0.5, 0.6) is 0 Å². The number of hydrogen-bond donors (Lipinski definition) is 1. The Morgan fingerprint density at radius 1 is 1.20 bits per heavy atom. The van der Waals surface area contributed by atoms with Crippen molar-refractivity contribution in [1.82, 2.24) is 4.90 Å². The Morgan fingerprint density at radius 3 is 2.75 bits per heavy atom. The second-order valence-electron chi connectivity index (χ2n) is 6.71. The minimum atomic E-state index is -0.131. The SMILES string of the molecule is NC1CC(Cc2cccc(F)c2)CN(CC2CCC2)C1. The van der Waals surface area contributed by atoms with Crippen LogP contribution in [0.25, 0.3) is 0 Å². The normalized spacial score (nSPS) is 28.3. The molecule has 1 aromatic rings. The summed E-state index contributed by atoms with van der Waals surface area (Å²) in [6, 6.07) is 7.29. The minimum absolute atomic E-state index is 0.131. The lowest BCUT2D eigenvalue weighted by atomic mass is 9.83. The van der Waals surface area contributed by atoms with Crippen LogP contribution in [-0.2, 0) is 6.42 Å². The lowest BCUT2D eigenvalue weighted by Crippen LogP contribution is -2.49. The summed E-state index contributed by atoms with van der Waals surface area (Å²) in [4.78, 5) is 2.54. The molecule has 1 aliphatic heterocycles. The number of nitrogens with two attached hydrogens (primary N) is 1. The molecule has 0 radical (unpaired) electrons. The topological polar surface area (TPSA) is 29.3 Å². The highest BCUT2D eigenvalue weighted by atomic mass is 19.1. The first-order valence-corrected chi connectivity index (χ1v) is 7.91. The Bertz CT molecular complexity index is 444. The van der Waals surface area contributed by atoms with Crippen molar-refractivity contribution in [1.29, 1.82) is 0 Å². The number of hydrogen-bond acceptors (Lipinski definition) is 2. The van der Waals surface area contributed by atoms with Crippen molar-refractivity contribution in [3.63, 3.8) is 0 Å². The molecular weight excluding hydrogens is 251 g/mol. The lowest BCUT2D eigenvalue weighted by molar-refractivity contribution is 0.112. The Hall–Kier alpha value is -0.930. The average molecular weight is 276 g/mol. The van der Waals surface area contributed by atoms with E-state index in [1.54, 1.807) is 12.1 Å². The maximum atomic E-state index is 13.3. The van der Waals surface area contributed by atoms with Gasteiger partial charge in [0.25, 0.3) is 0 Å². The summed E-state index contributed by atoms with van der Waals surface area (Å²) in [5, 5.41) is 0. The van der Waals surface area contributed by atoms with Crippen LogP contribution in [-0.4, -0.2) is 30.6 Å². The maximum Gasteiger partial charge on any atom is 0.123 e. The van der Waals surface area contributed by atoms with E-state index >= 15 is 0 Å². The van der Waals surface area contributed by atoms with E-state index in [4.69, 9.17) is 5.73 Å². The molecule has 1 saturated heterocycles. The molecule has 1 heterocycles. The molecule has 0 spiro atoms. The number of benzene rings is 1. The summed E-state index contributed by atoms with van der Waals surface area (Å²) < 4.78 is 13.3. The fraction of sp³-hybridized carbons (Fsp3) is 0.647. The van der Waals surface area contributed by atoms with Crippen molar-refractivity contribution in [2.24, 2.45) is 17.6 Å². The average Bonchev–Trinajstić information content (AvgIpc) is 2.33. The first-order chi connectivity index (χ1) is 9.69. The van der Waals surface area contributed by atoms with Crippen LogP contribution in [0.4, 0.5) is 4.39 Å². The molecule has 0 bridgehead atoms. The molecule has 2 aliphatic rings. The van der Waals surface area contributed by atoms with Crippen LogP contribution >= 0.6 is 0 Å². The van der Waals surface area contributed by atoms with E-state index in [-0.39, 0.29) is 11.9 Å². The van der Waals surface area contributed by atoms with Crippen LogP contribution < -0.4 is 5.73 Å². The van der Waals surface area contributed by atoms with Gasteiger partial charge >= 0.3 is 0 Å². The molecule has 0 amide bonds. The summed E-state index contributed by atoms with van der Waals surface area (Å²) in [5.74, 6) is 1.34. The fourth-order valence-electron chi connectivity index (χ4n) is 3.68. The smallest absolute Gasteiger partial charge is 0.123 e. The summed E-state index contributed by atoms with van der Waals surface area (Å²) in [7, 11) is 0. The zero-order valence-corrected chi connectivity index (χ0v) is 12.1. The van der Waals surface area contributed by atoms with E-state index in [1.165, 1.54) is 31.9 Å². The monoisotopic (exact) mass is 276 g/mol. The molecule has 2 atom stereocenters. The van der Waals surface area contributed by atoms with Gasteiger partial charge in [0, 0.05) is 25.7 Å². The van der Waals surface area contributed by atoms with Crippen LogP contribution in [0.2, 0.25) is 0 Å². The molecule has 1 saturated carbocycles. The largest absolute Gasteiger partial charge is 0.327 e. The third kappa shape index (κ3) is 3.58. The molecule has 2 N–H and O–H groups in total. The standard InChI is InChI=1S/C17H25FN2/c18-16-6-2-5-14(8-16)7-15-9-17(19)12-20(11-15)10-13-3-1-4-13/h2,5-6,8,13,15,17H,1,3-4,7,9-12,19H2. The van der Waals surface area contributed by atoms with Gasteiger partial charge in [-0.25, -0.2) is 4.39 Å². The van der Waals surface area contributed by atoms with E-state index < -0.39 is 0 Å². The number of nitrogens with zero attached hydrogens (tertiary/aromatic N) is 1. The second-order valence-corrected chi connectivity index (χ2v) is 6.71. The molecule has 3 rings (SSSR count). The predicted octanol–water partition coefficient (Wildman–Crippen LogP) is 2.82. The van der Waals surface area contributed by atoms with E-state index in [9.17, 15) is 4.39 Å². The highest BCUT2D eigenvalue weighted by molar-refractivity contribution is 5.17. The van der Waals surface area contributed by atoms with Gasteiger partial charge in [-0.1, -0.05) is 18.6 Å². The van der Waals surface area contributed by atoms with Gasteiger partial charge in [0.2, 0.25) is 0 Å². The summed E-state index contributed by atoms with van der Waals surface area (Å²) >= 11 is 0. The third-order valence-electron chi connectivity index (χ3n) is 4.80. The lowest BCUT2D eigenvalue weighted by Gasteiger charge is -2.40. The van der Waals surface area contributed by atoms with E-state index in [1.807, 2.05) is 6.07 Å². The molecule has 2 fully saturated rings. The third-order valence-corrected chi connectivity index (χ3v) is 4.80. The van der Waals surface area contributed by atoms with Gasteiger partial charge in [0.15, 0.2) is 0 Å². The van der Waals surface area contributed by atoms with Gasteiger partial charge in [0.1, 0.15) is 5.82 Å². The van der Waals surface area contributed by atoms with Crippen molar-refractivity contribution in [2.75, 3.05) is 19.6 Å². The van der Waals surface area contributed by atoms with Crippen LogP contribution in [0.3, 0.4) is 0 Å². The zero-order valence-electron chi connectivity index (χ0n) is 12.1. The number of halogens is 1. The quantitative estimate of drug-likeness (QED) is 0.916. The highest BCUT2D eigenvalue weighted by Crippen LogP contribution is 2.29. The number of rotatable bonds is 4. The van der Waals surface area contributed by atoms with Crippen molar-refractivity contribution >= 4 is 0 Å². The molecular formula is C17H25FN2. The summed E-state index contributed by atoms with van der Waals surface area (Å²) in [5.41, 5.74) is 7.32. The van der Waals surface area contributed by atoms with Crippen LogP contribution in [0.15, 0.2) is 24.3 Å². The number of likely N-dealkylation sites (tertiary alicyclic amines) is 1. The first-order valence-electron chi connectivity index (χ1n) is 7.91. The molecule has 0 aromatic heterocycles. The van der Waals surface area contributed by atoms with Crippen molar-refractivity contribution in [3.8, 4) is 0 Å². The van der Waals surface area contributed by atoms with Crippen molar-refractivity contribution in [2.45, 2.75) is 38.1 Å². The Morgan fingerprint density at radius 2 is 2.05 bits per heavy atom. The maximum absolute atomic E-state index is 13.3. The predicted molar refractivity (Wildman–Crippen MR) is 80.0 cm³/mol. The summed E-state index contributed by atoms with van der Waals surface area (Å²) in [6.45, 7) is 3.38. The van der Waals surface area contributed by atoms with E-state index in [0.29, 0.717) is 5.92 Å². The van der Waals surface area contributed by atoms with E-state index in [2.05, 4.69) is 4.90 Å². The molecule has 20 heavy (non-hydrogen) atoms. The molecule has 2 unspecified atom stereocenters. The number of piperidine rings is 1. The van der Waals surface area contributed by atoms with Gasteiger partial charge in [-0.3, -0.25) is 0 Å². The Labute approximate surface area is 121 Å². The van der Waals surface area contributed by atoms with Gasteiger partial charge in [0.05, 0.1) is 0 Å². The second kappa shape index (κ2) is 6.23. The van der Waals surface area contributed by atoms with Crippen molar-refractivity contribution < 1.29 is 4.39 Å². The highest BCUT2D eigenvalue weighted by Gasteiger charge is 2.28. The van der Waals surface area contributed by atoms with E-state index in [0.717, 1.165) is 37.4 Å². The first kappa shape index (κ1) is 14.0. The minimum Gasteiger partial charge on any atom is -0.327 e. The van der Waals surface area contributed by atoms with Gasteiger partial charge in [-0.15, -0.1) is 0 Å². The van der Waals surface area contributed by atoms with Crippen molar-refractivity contribution in [3.05, 3.63) is 35.6 Å². The Kier molecular flexibility index (Phi) is 4.37. The van der Waals surface area contributed by atoms with Crippen LogP contribution in [0.1, 0.15) is 31.2 Å². The zero-order chi connectivity index (χ0) is 13.9. The fourth-order valence-corrected chi connectivity index (χ4v) is 3.68. The molecule has 110 valence electrons.